The van der Waals surface area contributed by atoms with Crippen LogP contribution < -0.4 is 10.1 Å². The van der Waals surface area contributed by atoms with Crippen LogP contribution in [0.5, 0.6) is 5.75 Å². The molecule has 2 aromatic carbocycles. The molecular formula is C20H19N5O2. The first kappa shape index (κ1) is 16.8. The molecule has 4 rings (SSSR count). The number of nitrogens with zero attached hydrogens (tertiary/aromatic N) is 3. The van der Waals surface area contributed by atoms with E-state index in [4.69, 9.17) is 4.74 Å². The first-order valence-corrected chi connectivity index (χ1v) is 8.59. The van der Waals surface area contributed by atoms with Crippen LogP contribution >= 0.6 is 0 Å². The molecular weight excluding hydrogens is 342 g/mol. The highest BCUT2D eigenvalue weighted by Crippen LogP contribution is 2.24. The molecule has 0 atom stereocenters. The standard InChI is InChI=1S/C20H19N5O2/c1-27-16-7-8-18-17(10-16)14(11-21-18)9-20(26)22-12-19-24-23-13-25(19)15-5-3-2-4-6-15/h2-8,10-11,13,21H,9,12H2,1H3,(H,22,26). The lowest BCUT2D eigenvalue weighted by atomic mass is 10.1. The normalized spacial score (nSPS) is 10.9. The van der Waals surface area contributed by atoms with Gasteiger partial charge in [-0.25, -0.2) is 0 Å². The van der Waals surface area contributed by atoms with Gasteiger partial charge in [-0.2, -0.15) is 0 Å². The fourth-order valence-electron chi connectivity index (χ4n) is 3.03. The van der Waals surface area contributed by atoms with E-state index >= 15 is 0 Å². The number of carbonyl (C=O) groups excluding carboxylic acids is 1. The summed E-state index contributed by atoms with van der Waals surface area (Å²) in [6.45, 7) is 0.305. The van der Waals surface area contributed by atoms with Crippen LogP contribution in [-0.2, 0) is 17.8 Å². The molecule has 27 heavy (non-hydrogen) atoms. The lowest BCUT2D eigenvalue weighted by Gasteiger charge is -2.08. The van der Waals surface area contributed by atoms with Gasteiger partial charge in [0.25, 0.3) is 0 Å². The predicted octanol–water partition coefficient (Wildman–Crippen LogP) is 2.62. The van der Waals surface area contributed by atoms with Gasteiger partial charge in [-0.3, -0.25) is 9.36 Å². The third kappa shape index (κ3) is 3.52. The summed E-state index contributed by atoms with van der Waals surface area (Å²) >= 11 is 0. The maximum absolute atomic E-state index is 12.4. The van der Waals surface area contributed by atoms with E-state index in [0.717, 1.165) is 27.9 Å². The van der Waals surface area contributed by atoms with Crippen molar-refractivity contribution in [1.29, 1.82) is 0 Å². The van der Waals surface area contributed by atoms with Crippen LogP contribution in [0.2, 0.25) is 0 Å². The SMILES string of the molecule is COc1ccc2[nH]cc(CC(=O)NCc3nncn3-c3ccccc3)c2c1. The summed E-state index contributed by atoms with van der Waals surface area (Å²) in [7, 11) is 1.63. The quantitative estimate of drug-likeness (QED) is 0.553. The molecule has 7 nitrogen and oxygen atoms in total. The van der Waals surface area contributed by atoms with Gasteiger partial charge in [0, 0.05) is 22.8 Å². The predicted molar refractivity (Wildman–Crippen MR) is 102 cm³/mol. The second-order valence-corrected chi connectivity index (χ2v) is 6.13. The van der Waals surface area contributed by atoms with E-state index < -0.39 is 0 Å². The number of rotatable bonds is 6. The molecule has 2 N–H and O–H groups in total. The lowest BCUT2D eigenvalue weighted by Crippen LogP contribution is -2.26. The Hall–Kier alpha value is -3.61. The van der Waals surface area contributed by atoms with Crippen molar-refractivity contribution in [3.63, 3.8) is 0 Å². The fourth-order valence-corrected chi connectivity index (χ4v) is 3.03. The Balaban J connectivity index is 1.45. The molecule has 0 aliphatic rings. The number of nitrogens with one attached hydrogen (secondary N) is 2. The number of hydrogen-bond acceptors (Lipinski definition) is 4. The second kappa shape index (κ2) is 7.33. The molecule has 0 saturated heterocycles. The zero-order valence-corrected chi connectivity index (χ0v) is 14.8. The molecule has 1 amide bonds. The van der Waals surface area contributed by atoms with E-state index in [0.29, 0.717) is 12.4 Å². The minimum Gasteiger partial charge on any atom is -0.497 e. The van der Waals surface area contributed by atoms with E-state index in [1.807, 2.05) is 59.3 Å². The van der Waals surface area contributed by atoms with Crippen LogP contribution in [0.25, 0.3) is 16.6 Å². The van der Waals surface area contributed by atoms with Crippen molar-refractivity contribution in [2.75, 3.05) is 7.11 Å². The number of fused-ring (bicyclic) bond motifs is 1. The summed E-state index contributed by atoms with van der Waals surface area (Å²) in [6, 6.07) is 15.5. The van der Waals surface area contributed by atoms with E-state index in [2.05, 4.69) is 20.5 Å². The number of aromatic amines is 1. The zero-order chi connectivity index (χ0) is 18.6. The molecule has 0 fully saturated rings. The molecule has 0 aliphatic heterocycles. The molecule has 2 heterocycles. The van der Waals surface area contributed by atoms with Crippen molar-refractivity contribution in [3.8, 4) is 11.4 Å². The van der Waals surface area contributed by atoms with Gasteiger partial charge in [-0.15, -0.1) is 10.2 Å². The van der Waals surface area contributed by atoms with Gasteiger partial charge in [0.15, 0.2) is 5.82 Å². The molecule has 2 aromatic heterocycles. The number of hydrogen-bond donors (Lipinski definition) is 2. The second-order valence-electron chi connectivity index (χ2n) is 6.13. The summed E-state index contributed by atoms with van der Waals surface area (Å²) < 4.78 is 7.13. The van der Waals surface area contributed by atoms with E-state index in [1.165, 1.54) is 0 Å². The molecule has 4 aromatic rings. The Labute approximate surface area is 156 Å². The molecule has 0 saturated carbocycles. The van der Waals surface area contributed by atoms with Crippen LogP contribution in [0.15, 0.2) is 61.1 Å². The van der Waals surface area contributed by atoms with Gasteiger partial charge in [0.2, 0.25) is 5.91 Å². The van der Waals surface area contributed by atoms with Crippen LogP contribution in [-0.4, -0.2) is 32.8 Å². The highest BCUT2D eigenvalue weighted by atomic mass is 16.5. The van der Waals surface area contributed by atoms with Gasteiger partial charge in [0.1, 0.15) is 12.1 Å². The lowest BCUT2D eigenvalue weighted by molar-refractivity contribution is -0.120. The third-order valence-electron chi connectivity index (χ3n) is 4.42. The Kier molecular flexibility index (Phi) is 4.57. The monoisotopic (exact) mass is 361 g/mol. The molecule has 136 valence electrons. The smallest absolute Gasteiger partial charge is 0.224 e. The molecule has 0 aliphatic carbocycles. The Morgan fingerprint density at radius 2 is 2.07 bits per heavy atom. The highest BCUT2D eigenvalue weighted by Gasteiger charge is 2.12. The average Bonchev–Trinajstić information content (AvgIpc) is 3.34. The van der Waals surface area contributed by atoms with Crippen molar-refractivity contribution < 1.29 is 9.53 Å². The van der Waals surface area contributed by atoms with Crippen molar-refractivity contribution in [2.24, 2.45) is 0 Å². The number of para-hydroxylation sites is 1. The van der Waals surface area contributed by atoms with Gasteiger partial charge in [-0.1, -0.05) is 18.2 Å². The number of benzene rings is 2. The van der Waals surface area contributed by atoms with Gasteiger partial charge in [-0.05, 0) is 35.9 Å². The van der Waals surface area contributed by atoms with Crippen LogP contribution in [0.3, 0.4) is 0 Å². The van der Waals surface area contributed by atoms with Crippen molar-refractivity contribution in [3.05, 3.63) is 72.4 Å². The topological polar surface area (TPSA) is 84.8 Å². The summed E-state index contributed by atoms with van der Waals surface area (Å²) in [5, 5.41) is 12.0. The zero-order valence-electron chi connectivity index (χ0n) is 14.8. The van der Waals surface area contributed by atoms with Gasteiger partial charge >= 0.3 is 0 Å². The number of ether oxygens (including phenoxy) is 1. The minimum absolute atomic E-state index is 0.0821. The third-order valence-corrected chi connectivity index (χ3v) is 4.42. The summed E-state index contributed by atoms with van der Waals surface area (Å²) in [5.74, 6) is 1.36. The van der Waals surface area contributed by atoms with Gasteiger partial charge < -0.3 is 15.0 Å². The number of H-pyrrole nitrogens is 1. The van der Waals surface area contributed by atoms with E-state index in [9.17, 15) is 4.79 Å². The number of aromatic nitrogens is 4. The van der Waals surface area contributed by atoms with Crippen molar-refractivity contribution in [1.82, 2.24) is 25.1 Å². The molecule has 0 unspecified atom stereocenters. The summed E-state index contributed by atoms with van der Waals surface area (Å²) in [4.78, 5) is 15.6. The largest absolute Gasteiger partial charge is 0.497 e. The maximum Gasteiger partial charge on any atom is 0.224 e. The number of methoxy groups -OCH3 is 1. The van der Waals surface area contributed by atoms with Gasteiger partial charge in [0.05, 0.1) is 20.1 Å². The maximum atomic E-state index is 12.4. The van der Waals surface area contributed by atoms with Crippen molar-refractivity contribution >= 4 is 16.8 Å². The summed E-state index contributed by atoms with van der Waals surface area (Å²) in [5.41, 5.74) is 2.85. The van der Waals surface area contributed by atoms with Crippen LogP contribution in [0.4, 0.5) is 0 Å². The first-order valence-electron chi connectivity index (χ1n) is 8.59. The average molecular weight is 361 g/mol. The highest BCUT2D eigenvalue weighted by molar-refractivity contribution is 5.89. The molecule has 0 spiro atoms. The minimum atomic E-state index is -0.0821. The Bertz CT molecular complexity index is 1070. The Morgan fingerprint density at radius 1 is 1.22 bits per heavy atom. The molecule has 7 heteroatoms. The summed E-state index contributed by atoms with van der Waals surface area (Å²) in [6.07, 6.45) is 3.77. The van der Waals surface area contributed by atoms with Crippen molar-refractivity contribution in [2.45, 2.75) is 13.0 Å². The van der Waals surface area contributed by atoms with E-state index in [1.54, 1.807) is 13.4 Å². The van der Waals surface area contributed by atoms with Crippen LogP contribution in [0.1, 0.15) is 11.4 Å². The molecule has 0 radical (unpaired) electrons. The van der Waals surface area contributed by atoms with Crippen LogP contribution in [0, 0.1) is 0 Å². The fraction of sp³-hybridized carbons (Fsp3) is 0.150. The van der Waals surface area contributed by atoms with E-state index in [-0.39, 0.29) is 12.3 Å². The number of amides is 1. The molecule has 0 bridgehead atoms. The first-order chi connectivity index (χ1) is 13.2. The Morgan fingerprint density at radius 3 is 2.89 bits per heavy atom. The number of carbonyl (C=O) groups is 1.